The molecule has 3 aliphatic carbocycles. The highest BCUT2D eigenvalue weighted by molar-refractivity contribution is 8.13. The summed E-state index contributed by atoms with van der Waals surface area (Å²) in [6, 6.07) is 7.06. The number of thioether (sulfide) groups is 1. The largest absolute Gasteiger partial charge is 0.381 e. The molecule has 0 radical (unpaired) electrons. The topological polar surface area (TPSA) is 41.9 Å². The van der Waals surface area contributed by atoms with E-state index in [4.69, 9.17) is 9.73 Å². The summed E-state index contributed by atoms with van der Waals surface area (Å²) < 4.78 is 5.73. The van der Waals surface area contributed by atoms with Gasteiger partial charge in [-0.05, 0) is 80.4 Å². The van der Waals surface area contributed by atoms with E-state index in [0.29, 0.717) is 12.0 Å². The standard InChI is InChI=1S/C28H40N2O2S/c1-4-6-16-30-25(31)28(29-26(30)33-17-7-5-2)24-18-21(20-8-9-20)10-11-22(24)19-27(28)14-12-23(32-3)13-15-27/h10-11,18,20,23H,4-9,12-17,19H2,1-3H3. The van der Waals surface area contributed by atoms with Crippen LogP contribution >= 0.6 is 11.8 Å². The second kappa shape index (κ2) is 9.37. The van der Waals surface area contributed by atoms with Crippen molar-refractivity contribution in [3.05, 3.63) is 34.9 Å². The van der Waals surface area contributed by atoms with Crippen LogP contribution in [-0.2, 0) is 21.5 Å². The van der Waals surface area contributed by atoms with Gasteiger partial charge in [-0.15, -0.1) is 0 Å². The number of fused-ring (bicyclic) bond motifs is 3. The van der Waals surface area contributed by atoms with Crippen molar-refractivity contribution in [2.24, 2.45) is 10.4 Å². The molecule has 1 amide bonds. The van der Waals surface area contributed by atoms with Crippen LogP contribution in [0.25, 0.3) is 0 Å². The number of hydrogen-bond acceptors (Lipinski definition) is 4. The molecule has 0 saturated heterocycles. The normalized spacial score (nSPS) is 31.0. The number of methoxy groups -OCH3 is 1. The Hall–Kier alpha value is -1.33. The van der Waals surface area contributed by atoms with Crippen LogP contribution in [0.4, 0.5) is 0 Å². The monoisotopic (exact) mass is 468 g/mol. The van der Waals surface area contributed by atoms with E-state index in [-0.39, 0.29) is 11.3 Å². The SMILES string of the molecule is CCCCSC1=NC2(C(=O)N1CCCC)c1cc(C3CC3)ccc1CC21CCC(OC)CC1. The van der Waals surface area contributed by atoms with E-state index in [1.807, 2.05) is 18.9 Å². The zero-order valence-electron chi connectivity index (χ0n) is 20.7. The van der Waals surface area contributed by atoms with Crippen LogP contribution in [0.15, 0.2) is 23.2 Å². The fraction of sp³-hybridized carbons (Fsp3) is 0.714. The van der Waals surface area contributed by atoms with Gasteiger partial charge in [0, 0.05) is 24.8 Å². The Bertz CT molecular complexity index is 916. The molecular weight excluding hydrogens is 428 g/mol. The van der Waals surface area contributed by atoms with Gasteiger partial charge in [0.1, 0.15) is 0 Å². The Kier molecular flexibility index (Phi) is 6.65. The van der Waals surface area contributed by atoms with Gasteiger partial charge >= 0.3 is 0 Å². The third-order valence-corrected chi connectivity index (χ3v) is 9.67. The van der Waals surface area contributed by atoms with Gasteiger partial charge in [0.05, 0.1) is 6.10 Å². The molecule has 1 atom stereocenters. The van der Waals surface area contributed by atoms with Gasteiger partial charge in [-0.2, -0.15) is 0 Å². The zero-order chi connectivity index (χ0) is 23.1. The molecule has 1 heterocycles. The van der Waals surface area contributed by atoms with Crippen molar-refractivity contribution in [3.63, 3.8) is 0 Å². The molecule has 0 N–H and O–H groups in total. The smallest absolute Gasteiger partial charge is 0.261 e. The third-order valence-electron chi connectivity index (χ3n) is 8.61. The van der Waals surface area contributed by atoms with E-state index >= 15 is 0 Å². The number of amidine groups is 1. The van der Waals surface area contributed by atoms with Gasteiger partial charge in [-0.3, -0.25) is 9.69 Å². The number of nitrogens with zero attached hydrogens (tertiary/aromatic N) is 2. The van der Waals surface area contributed by atoms with E-state index < -0.39 is 5.54 Å². The molecule has 0 aromatic heterocycles. The van der Waals surface area contributed by atoms with Crippen molar-refractivity contribution < 1.29 is 9.53 Å². The Balaban J connectivity index is 1.60. The summed E-state index contributed by atoms with van der Waals surface area (Å²) >= 11 is 1.81. The highest BCUT2D eigenvalue weighted by Gasteiger charge is 2.66. The van der Waals surface area contributed by atoms with Gasteiger partial charge in [0.2, 0.25) is 0 Å². The number of rotatable bonds is 8. The average Bonchev–Trinajstić information content (AvgIpc) is 3.60. The molecule has 33 heavy (non-hydrogen) atoms. The first-order chi connectivity index (χ1) is 16.1. The maximum absolute atomic E-state index is 14.5. The van der Waals surface area contributed by atoms with Gasteiger partial charge in [0.15, 0.2) is 10.7 Å². The molecule has 5 heteroatoms. The molecule has 1 aromatic carbocycles. The quantitative estimate of drug-likeness (QED) is 0.413. The second-order valence-electron chi connectivity index (χ2n) is 10.7. The van der Waals surface area contributed by atoms with Crippen LogP contribution < -0.4 is 0 Å². The summed E-state index contributed by atoms with van der Waals surface area (Å²) in [4.78, 5) is 22.1. The number of hydrogen-bond donors (Lipinski definition) is 0. The molecule has 0 bridgehead atoms. The summed E-state index contributed by atoms with van der Waals surface area (Å²) in [5.74, 6) is 1.98. The predicted octanol–water partition coefficient (Wildman–Crippen LogP) is 6.42. The highest BCUT2D eigenvalue weighted by Crippen LogP contribution is 2.63. The number of unbranched alkanes of at least 4 members (excludes halogenated alkanes) is 2. The van der Waals surface area contributed by atoms with Crippen molar-refractivity contribution in [2.45, 2.75) is 102 Å². The molecule has 180 valence electrons. The van der Waals surface area contributed by atoms with Crippen molar-refractivity contribution in [1.29, 1.82) is 0 Å². The highest BCUT2D eigenvalue weighted by atomic mass is 32.2. The molecule has 2 saturated carbocycles. The summed E-state index contributed by atoms with van der Waals surface area (Å²) in [6.45, 7) is 5.23. The molecule has 1 aromatic rings. The first-order valence-electron chi connectivity index (χ1n) is 13.3. The third kappa shape index (κ3) is 3.87. The number of aliphatic imine (C=N–C) groups is 1. The lowest BCUT2D eigenvalue weighted by atomic mass is 9.61. The fourth-order valence-electron chi connectivity index (χ4n) is 6.44. The molecule has 1 unspecified atom stereocenters. The van der Waals surface area contributed by atoms with E-state index in [2.05, 4.69) is 36.9 Å². The van der Waals surface area contributed by atoms with Crippen molar-refractivity contribution in [2.75, 3.05) is 19.4 Å². The van der Waals surface area contributed by atoms with E-state index in [1.165, 1.54) is 36.0 Å². The zero-order valence-corrected chi connectivity index (χ0v) is 21.5. The molecule has 4 aliphatic rings. The first kappa shape index (κ1) is 23.4. The molecule has 2 spiro atoms. The van der Waals surface area contributed by atoms with E-state index in [1.54, 1.807) is 0 Å². The van der Waals surface area contributed by atoms with Crippen LogP contribution in [0, 0.1) is 5.41 Å². The van der Waals surface area contributed by atoms with Gasteiger partial charge in [0.25, 0.3) is 5.91 Å². The maximum Gasteiger partial charge on any atom is 0.261 e. The Morgan fingerprint density at radius 2 is 1.88 bits per heavy atom. The predicted molar refractivity (Wildman–Crippen MR) is 137 cm³/mol. The second-order valence-corrected chi connectivity index (χ2v) is 11.8. The minimum Gasteiger partial charge on any atom is -0.381 e. The lowest BCUT2D eigenvalue weighted by Crippen LogP contribution is -2.51. The summed E-state index contributed by atoms with van der Waals surface area (Å²) in [5, 5.41) is 0.986. The van der Waals surface area contributed by atoms with Crippen molar-refractivity contribution in [1.82, 2.24) is 4.90 Å². The molecular formula is C28H40N2O2S. The lowest BCUT2D eigenvalue weighted by Gasteiger charge is -2.45. The van der Waals surface area contributed by atoms with Crippen molar-refractivity contribution in [3.8, 4) is 0 Å². The minimum absolute atomic E-state index is 0.110. The first-order valence-corrected chi connectivity index (χ1v) is 14.3. The number of carbonyl (C=O) groups is 1. The number of amides is 1. The minimum atomic E-state index is -0.728. The molecule has 1 aliphatic heterocycles. The van der Waals surface area contributed by atoms with Crippen LogP contribution in [0.5, 0.6) is 0 Å². The maximum atomic E-state index is 14.5. The molecule has 2 fully saturated rings. The Morgan fingerprint density at radius 3 is 2.55 bits per heavy atom. The van der Waals surface area contributed by atoms with Crippen LogP contribution in [0.1, 0.15) is 101 Å². The van der Waals surface area contributed by atoms with E-state index in [0.717, 1.165) is 68.8 Å². The average molecular weight is 469 g/mol. The van der Waals surface area contributed by atoms with E-state index in [9.17, 15) is 4.79 Å². The number of benzene rings is 1. The van der Waals surface area contributed by atoms with Gasteiger partial charge in [-0.25, -0.2) is 4.99 Å². The Labute approximate surface area is 203 Å². The van der Waals surface area contributed by atoms with Crippen LogP contribution in [-0.4, -0.2) is 41.5 Å². The summed E-state index contributed by atoms with van der Waals surface area (Å²) in [7, 11) is 1.83. The van der Waals surface area contributed by atoms with Crippen molar-refractivity contribution >= 4 is 22.8 Å². The van der Waals surface area contributed by atoms with Gasteiger partial charge < -0.3 is 4.74 Å². The lowest BCUT2D eigenvalue weighted by molar-refractivity contribution is -0.138. The van der Waals surface area contributed by atoms with Gasteiger partial charge in [-0.1, -0.05) is 56.7 Å². The summed E-state index contributed by atoms with van der Waals surface area (Å²) in [6.07, 6.45) is 12.4. The summed E-state index contributed by atoms with van der Waals surface area (Å²) in [5.41, 5.74) is 3.18. The number of carbonyl (C=O) groups excluding carboxylic acids is 1. The van der Waals surface area contributed by atoms with Crippen LogP contribution in [0.2, 0.25) is 0 Å². The van der Waals surface area contributed by atoms with Crippen LogP contribution in [0.3, 0.4) is 0 Å². The Morgan fingerprint density at radius 1 is 1.12 bits per heavy atom. The molecule has 4 nitrogen and oxygen atoms in total. The number of ether oxygens (including phenoxy) is 1. The fourth-order valence-corrected chi connectivity index (χ4v) is 7.59. The molecule has 5 rings (SSSR count).